The maximum absolute atomic E-state index is 12.5. The lowest BCUT2D eigenvalue weighted by atomic mass is 10.3. The molecule has 9 heteroatoms. The lowest BCUT2D eigenvalue weighted by Gasteiger charge is -2.08. The number of rotatable bonds is 4. The van der Waals surface area contributed by atoms with Crippen molar-refractivity contribution in [2.45, 2.75) is 11.8 Å². The summed E-state index contributed by atoms with van der Waals surface area (Å²) in [5.74, 6) is -0.340. The molecule has 1 heterocycles. The van der Waals surface area contributed by atoms with Gasteiger partial charge in [-0.05, 0) is 31.2 Å². The second-order valence-corrected chi connectivity index (χ2v) is 7.80. The minimum absolute atomic E-state index is 0.0434. The van der Waals surface area contributed by atoms with Gasteiger partial charge in [-0.1, -0.05) is 47.5 Å². The second kappa shape index (κ2) is 7.11. The fourth-order valence-electron chi connectivity index (χ4n) is 2.40. The lowest BCUT2D eigenvalue weighted by molar-refractivity contribution is 0.0977. The predicted octanol–water partition coefficient (Wildman–Crippen LogP) is 3.61. The normalized spacial score (nSPS) is 11.3. The van der Waals surface area contributed by atoms with E-state index in [2.05, 4.69) is 4.98 Å². The Labute approximate surface area is 160 Å². The molecule has 1 amide bonds. The number of halogens is 2. The third-order valence-electron chi connectivity index (χ3n) is 3.56. The molecule has 0 fully saturated rings. The number of nitrogens with one attached hydrogen (secondary N) is 1. The highest BCUT2D eigenvalue weighted by Gasteiger charge is 2.25. The Kier molecular flexibility index (Phi) is 5.04. The molecule has 3 rings (SSSR count). The first-order valence-corrected chi connectivity index (χ1v) is 9.66. The summed E-state index contributed by atoms with van der Waals surface area (Å²) < 4.78 is 28.6. The van der Waals surface area contributed by atoms with Crippen LogP contribution >= 0.6 is 23.2 Å². The van der Waals surface area contributed by atoms with Crippen molar-refractivity contribution < 1.29 is 13.2 Å². The number of aromatic nitrogens is 2. The van der Waals surface area contributed by atoms with E-state index in [1.165, 1.54) is 24.4 Å². The molecule has 2 aromatic carbocycles. The van der Waals surface area contributed by atoms with Crippen molar-refractivity contribution in [3.05, 3.63) is 76.3 Å². The maximum atomic E-state index is 12.5. The molecule has 0 aliphatic heterocycles. The number of carbonyl (C=O) groups excluding carboxylic acids is 1. The molecular weight excluding hydrogens is 397 g/mol. The molecule has 0 saturated heterocycles. The van der Waals surface area contributed by atoms with Crippen LogP contribution < -0.4 is 4.72 Å². The van der Waals surface area contributed by atoms with Gasteiger partial charge in [0.05, 0.1) is 10.0 Å². The third-order valence-corrected chi connectivity index (χ3v) is 5.85. The molecule has 0 saturated carbocycles. The van der Waals surface area contributed by atoms with Gasteiger partial charge in [-0.25, -0.2) is 18.1 Å². The topological polar surface area (TPSA) is 81.1 Å². The van der Waals surface area contributed by atoms with Gasteiger partial charge >= 0.3 is 0 Å². The zero-order chi connectivity index (χ0) is 18.9. The van der Waals surface area contributed by atoms with Crippen molar-refractivity contribution in [1.29, 1.82) is 0 Å². The molecule has 0 radical (unpaired) electrons. The molecule has 26 heavy (non-hydrogen) atoms. The van der Waals surface area contributed by atoms with Gasteiger partial charge in [-0.3, -0.25) is 4.79 Å². The number of hydrogen-bond donors (Lipinski definition) is 1. The average molecular weight is 410 g/mol. The molecule has 1 N–H and O–H groups in total. The van der Waals surface area contributed by atoms with E-state index in [1.54, 1.807) is 11.5 Å². The van der Waals surface area contributed by atoms with Gasteiger partial charge < -0.3 is 4.57 Å². The Morgan fingerprint density at radius 2 is 1.65 bits per heavy atom. The van der Waals surface area contributed by atoms with Crippen LogP contribution in [0.3, 0.4) is 0 Å². The molecule has 0 unspecified atom stereocenters. The summed E-state index contributed by atoms with van der Waals surface area (Å²) in [6.45, 7) is 1.71. The second-order valence-electron chi connectivity index (χ2n) is 5.36. The standard InChI is InChI=1S/C17H13Cl2N3O3S/c1-11-20-15(10-22(11)12-6-3-2-4-7-12)17(23)21-26(24,25)16-13(18)8-5-9-14(16)19/h2-10H,1H3,(H,21,23). The van der Waals surface area contributed by atoms with E-state index in [0.717, 1.165) is 5.69 Å². The Bertz CT molecular complexity index is 1060. The summed E-state index contributed by atoms with van der Waals surface area (Å²) in [4.78, 5) is 16.2. The van der Waals surface area contributed by atoms with Crippen LogP contribution in [0.5, 0.6) is 0 Å². The molecular formula is C17H13Cl2N3O3S. The van der Waals surface area contributed by atoms with Gasteiger partial charge in [0.25, 0.3) is 15.9 Å². The Balaban J connectivity index is 1.92. The molecule has 0 aliphatic rings. The van der Waals surface area contributed by atoms with E-state index in [-0.39, 0.29) is 20.6 Å². The van der Waals surface area contributed by atoms with E-state index in [1.807, 2.05) is 35.1 Å². The number of carbonyl (C=O) groups is 1. The van der Waals surface area contributed by atoms with Crippen LogP contribution in [0.25, 0.3) is 5.69 Å². The minimum Gasteiger partial charge on any atom is -0.303 e. The van der Waals surface area contributed by atoms with Crippen molar-refractivity contribution in [1.82, 2.24) is 14.3 Å². The SMILES string of the molecule is Cc1nc(C(=O)NS(=O)(=O)c2c(Cl)cccc2Cl)cn1-c1ccccc1. The van der Waals surface area contributed by atoms with Gasteiger partial charge in [0, 0.05) is 11.9 Å². The third kappa shape index (κ3) is 3.60. The summed E-state index contributed by atoms with van der Waals surface area (Å²) >= 11 is 11.8. The van der Waals surface area contributed by atoms with Crippen LogP contribution in [0.15, 0.2) is 59.6 Å². The van der Waals surface area contributed by atoms with E-state index < -0.39 is 15.9 Å². The quantitative estimate of drug-likeness (QED) is 0.713. The zero-order valence-corrected chi connectivity index (χ0v) is 15.8. The Morgan fingerprint density at radius 3 is 2.27 bits per heavy atom. The number of amides is 1. The van der Waals surface area contributed by atoms with E-state index in [9.17, 15) is 13.2 Å². The highest BCUT2D eigenvalue weighted by Crippen LogP contribution is 2.28. The monoisotopic (exact) mass is 409 g/mol. The fraction of sp³-hybridized carbons (Fsp3) is 0.0588. The molecule has 0 spiro atoms. The van der Waals surface area contributed by atoms with Crippen LogP contribution in [0.4, 0.5) is 0 Å². The van der Waals surface area contributed by atoms with Crippen molar-refractivity contribution in [2.75, 3.05) is 0 Å². The molecule has 0 bridgehead atoms. The largest absolute Gasteiger partial charge is 0.303 e. The van der Waals surface area contributed by atoms with Gasteiger partial charge in [0.1, 0.15) is 16.4 Å². The van der Waals surface area contributed by atoms with Crippen molar-refractivity contribution in [3.63, 3.8) is 0 Å². The molecule has 6 nitrogen and oxygen atoms in total. The molecule has 134 valence electrons. The highest BCUT2D eigenvalue weighted by molar-refractivity contribution is 7.90. The van der Waals surface area contributed by atoms with Crippen LogP contribution in [0, 0.1) is 6.92 Å². The summed E-state index contributed by atoms with van der Waals surface area (Å²) in [6, 6.07) is 13.5. The van der Waals surface area contributed by atoms with Crippen LogP contribution in [-0.4, -0.2) is 23.9 Å². The molecule has 3 aromatic rings. The number of para-hydroxylation sites is 1. The number of imidazole rings is 1. The number of benzene rings is 2. The molecule has 0 aliphatic carbocycles. The van der Waals surface area contributed by atoms with E-state index in [4.69, 9.17) is 23.2 Å². The van der Waals surface area contributed by atoms with Gasteiger partial charge in [0.15, 0.2) is 0 Å². The minimum atomic E-state index is -4.25. The van der Waals surface area contributed by atoms with Crippen molar-refractivity contribution in [2.24, 2.45) is 0 Å². The highest BCUT2D eigenvalue weighted by atomic mass is 35.5. The van der Waals surface area contributed by atoms with Gasteiger partial charge in [0.2, 0.25) is 0 Å². The van der Waals surface area contributed by atoms with Crippen LogP contribution in [0.1, 0.15) is 16.3 Å². The van der Waals surface area contributed by atoms with Gasteiger partial charge in [-0.15, -0.1) is 0 Å². The number of sulfonamides is 1. The van der Waals surface area contributed by atoms with Crippen LogP contribution in [0.2, 0.25) is 10.0 Å². The first kappa shape index (κ1) is 18.4. The number of aryl methyl sites for hydroxylation is 1. The fourth-order valence-corrected chi connectivity index (χ4v) is 4.50. The summed E-state index contributed by atoms with van der Waals surface area (Å²) in [7, 11) is -4.25. The average Bonchev–Trinajstić information content (AvgIpc) is 2.97. The van der Waals surface area contributed by atoms with Crippen LogP contribution in [-0.2, 0) is 10.0 Å². The van der Waals surface area contributed by atoms with E-state index >= 15 is 0 Å². The first-order valence-electron chi connectivity index (χ1n) is 7.42. The number of nitrogens with zero attached hydrogens (tertiary/aromatic N) is 2. The smallest absolute Gasteiger partial charge is 0.285 e. The summed E-state index contributed by atoms with van der Waals surface area (Å²) in [6.07, 6.45) is 1.46. The maximum Gasteiger partial charge on any atom is 0.285 e. The first-order chi connectivity index (χ1) is 12.3. The summed E-state index contributed by atoms with van der Waals surface area (Å²) in [5, 5.41) is -0.160. The Morgan fingerprint density at radius 1 is 1.04 bits per heavy atom. The molecule has 0 atom stereocenters. The Hall–Kier alpha value is -2.35. The van der Waals surface area contributed by atoms with Gasteiger partial charge in [-0.2, -0.15) is 0 Å². The van der Waals surface area contributed by atoms with Crippen molar-refractivity contribution >= 4 is 39.1 Å². The number of hydrogen-bond acceptors (Lipinski definition) is 4. The predicted molar refractivity (Wildman–Crippen MR) is 99.4 cm³/mol. The zero-order valence-electron chi connectivity index (χ0n) is 13.5. The van der Waals surface area contributed by atoms with E-state index in [0.29, 0.717) is 5.82 Å². The van der Waals surface area contributed by atoms with Crippen molar-refractivity contribution in [3.8, 4) is 5.69 Å². The lowest BCUT2D eigenvalue weighted by Crippen LogP contribution is -2.31. The molecule has 1 aromatic heterocycles. The summed E-state index contributed by atoms with van der Waals surface area (Å²) in [5.41, 5.74) is 0.756.